The molecule has 3 aliphatic rings. The molecule has 1 spiro atoms. The first-order valence-corrected chi connectivity index (χ1v) is 9.98. The predicted molar refractivity (Wildman–Crippen MR) is 101 cm³/mol. The minimum absolute atomic E-state index is 0.149. The van der Waals surface area contributed by atoms with E-state index in [9.17, 15) is 4.79 Å². The van der Waals surface area contributed by atoms with Crippen LogP contribution in [0.25, 0.3) is 0 Å². The Morgan fingerprint density at radius 3 is 2.58 bits per heavy atom. The van der Waals surface area contributed by atoms with Crippen molar-refractivity contribution in [2.24, 2.45) is 28.0 Å². The van der Waals surface area contributed by atoms with Gasteiger partial charge in [-0.15, -0.1) is 5.10 Å². The average Bonchev–Trinajstić information content (AvgIpc) is 3.06. The molecule has 0 bridgehead atoms. The molecule has 2 aliphatic heterocycles. The molecular formula is C18H34N6O2. The second-order valence-corrected chi connectivity index (χ2v) is 8.02. The van der Waals surface area contributed by atoms with Crippen molar-refractivity contribution in [2.75, 3.05) is 39.3 Å². The lowest BCUT2D eigenvalue weighted by atomic mass is 9.64. The number of hydrazine groups is 1. The van der Waals surface area contributed by atoms with Gasteiger partial charge in [-0.1, -0.05) is 0 Å². The van der Waals surface area contributed by atoms with E-state index in [0.29, 0.717) is 36.4 Å². The van der Waals surface area contributed by atoms with E-state index >= 15 is 0 Å². The van der Waals surface area contributed by atoms with E-state index in [0.717, 1.165) is 45.4 Å². The van der Waals surface area contributed by atoms with Gasteiger partial charge in [-0.3, -0.25) is 0 Å². The van der Waals surface area contributed by atoms with Crippen LogP contribution < -0.4 is 11.6 Å². The quantitative estimate of drug-likeness (QED) is 0.328. The Bertz CT molecular complexity index is 526. The summed E-state index contributed by atoms with van der Waals surface area (Å²) in [6.07, 6.45) is 5.45. The van der Waals surface area contributed by atoms with Crippen molar-refractivity contribution >= 4 is 11.9 Å². The fourth-order valence-corrected chi connectivity index (χ4v) is 4.70. The van der Waals surface area contributed by atoms with E-state index in [1.165, 1.54) is 18.0 Å². The van der Waals surface area contributed by atoms with Gasteiger partial charge in [0.2, 0.25) is 0 Å². The van der Waals surface area contributed by atoms with Crippen molar-refractivity contribution in [3.63, 3.8) is 0 Å². The molecule has 4 N–H and O–H groups in total. The number of carbonyl (C=O) groups excluding carboxylic acids is 1. The van der Waals surface area contributed by atoms with Crippen LogP contribution in [0.5, 0.6) is 0 Å². The second kappa shape index (κ2) is 8.00. The van der Waals surface area contributed by atoms with Crippen molar-refractivity contribution in [3.8, 4) is 0 Å². The maximum atomic E-state index is 11.9. The van der Waals surface area contributed by atoms with Gasteiger partial charge in [0.15, 0.2) is 0 Å². The van der Waals surface area contributed by atoms with E-state index in [1.54, 1.807) is 0 Å². The molecule has 1 saturated carbocycles. The third kappa shape index (κ3) is 4.06. The van der Waals surface area contributed by atoms with Gasteiger partial charge in [0.1, 0.15) is 5.84 Å². The van der Waals surface area contributed by atoms with Crippen LogP contribution in [0.3, 0.4) is 0 Å². The lowest BCUT2D eigenvalue weighted by Gasteiger charge is -2.51. The first-order chi connectivity index (χ1) is 12.5. The highest BCUT2D eigenvalue weighted by atomic mass is 16.6. The molecule has 2 heterocycles. The van der Waals surface area contributed by atoms with Crippen LogP contribution in [-0.2, 0) is 4.74 Å². The molecule has 148 valence electrons. The van der Waals surface area contributed by atoms with Crippen molar-refractivity contribution in [1.82, 2.24) is 14.9 Å². The number of amides is 1. The SMILES string of the molecule is CCOC(=O)N1CCC2(CC(N3CCC(/C(N)=N/N(N)CC)CC3)C2)C1. The van der Waals surface area contributed by atoms with E-state index in [2.05, 4.69) is 10.0 Å². The molecule has 0 aromatic rings. The zero-order valence-corrected chi connectivity index (χ0v) is 16.2. The van der Waals surface area contributed by atoms with Gasteiger partial charge in [-0.05, 0) is 64.5 Å². The number of ether oxygens (including phenoxy) is 1. The number of hydrazone groups is 1. The molecule has 1 amide bonds. The maximum Gasteiger partial charge on any atom is 0.409 e. The van der Waals surface area contributed by atoms with Gasteiger partial charge in [-0.25, -0.2) is 15.8 Å². The van der Waals surface area contributed by atoms with E-state index in [4.69, 9.17) is 16.3 Å². The normalized spacial score (nSPS) is 30.5. The number of nitrogens with two attached hydrogens (primary N) is 2. The van der Waals surface area contributed by atoms with Crippen LogP contribution in [0.4, 0.5) is 4.79 Å². The number of piperidine rings is 1. The Morgan fingerprint density at radius 2 is 1.96 bits per heavy atom. The number of carbonyl (C=O) groups is 1. The van der Waals surface area contributed by atoms with Crippen LogP contribution in [0.2, 0.25) is 0 Å². The van der Waals surface area contributed by atoms with Crippen LogP contribution >= 0.6 is 0 Å². The molecule has 8 nitrogen and oxygen atoms in total. The topological polar surface area (TPSA) is 100 Å². The number of hydrogen-bond acceptors (Lipinski definition) is 6. The molecule has 0 radical (unpaired) electrons. The minimum atomic E-state index is -0.149. The summed E-state index contributed by atoms with van der Waals surface area (Å²) in [6, 6.07) is 0.651. The number of amidine groups is 1. The first kappa shape index (κ1) is 19.2. The highest BCUT2D eigenvalue weighted by Crippen LogP contribution is 2.50. The Kier molecular flexibility index (Phi) is 5.92. The number of nitrogens with zero attached hydrogens (tertiary/aromatic N) is 4. The smallest absolute Gasteiger partial charge is 0.409 e. The van der Waals surface area contributed by atoms with Gasteiger partial charge in [-0.2, -0.15) is 0 Å². The average molecular weight is 367 g/mol. The fraction of sp³-hybridized carbons (Fsp3) is 0.889. The Hall–Kier alpha value is -1.54. The van der Waals surface area contributed by atoms with Gasteiger partial charge >= 0.3 is 6.09 Å². The molecule has 1 aliphatic carbocycles. The van der Waals surface area contributed by atoms with Crippen molar-refractivity contribution in [2.45, 2.75) is 52.0 Å². The van der Waals surface area contributed by atoms with Gasteiger partial charge in [0.05, 0.1) is 13.2 Å². The van der Waals surface area contributed by atoms with E-state index < -0.39 is 0 Å². The molecule has 26 heavy (non-hydrogen) atoms. The molecule has 0 aromatic carbocycles. The maximum absolute atomic E-state index is 11.9. The summed E-state index contributed by atoms with van der Waals surface area (Å²) >= 11 is 0. The molecule has 2 saturated heterocycles. The molecule has 3 fully saturated rings. The summed E-state index contributed by atoms with van der Waals surface area (Å²) in [5, 5.41) is 5.67. The fourth-order valence-electron chi connectivity index (χ4n) is 4.70. The summed E-state index contributed by atoms with van der Waals surface area (Å²) in [5.41, 5.74) is 6.45. The first-order valence-electron chi connectivity index (χ1n) is 9.98. The monoisotopic (exact) mass is 366 g/mol. The minimum Gasteiger partial charge on any atom is -0.450 e. The summed E-state index contributed by atoms with van der Waals surface area (Å²) in [4.78, 5) is 16.4. The van der Waals surface area contributed by atoms with Crippen LogP contribution in [0.15, 0.2) is 5.10 Å². The zero-order chi connectivity index (χ0) is 18.7. The van der Waals surface area contributed by atoms with Gasteiger partial charge < -0.3 is 20.3 Å². The van der Waals surface area contributed by atoms with E-state index in [-0.39, 0.29) is 6.09 Å². The number of hydrogen-bond donors (Lipinski definition) is 2. The zero-order valence-electron chi connectivity index (χ0n) is 16.2. The molecular weight excluding hydrogens is 332 g/mol. The van der Waals surface area contributed by atoms with Crippen molar-refractivity contribution < 1.29 is 9.53 Å². The second-order valence-electron chi connectivity index (χ2n) is 8.02. The molecule has 0 unspecified atom stereocenters. The molecule has 0 atom stereocenters. The molecule has 0 aromatic heterocycles. The lowest BCUT2D eigenvalue weighted by Crippen LogP contribution is -2.54. The van der Waals surface area contributed by atoms with E-state index in [1.807, 2.05) is 18.7 Å². The number of likely N-dealkylation sites (tertiary alicyclic amines) is 2. The van der Waals surface area contributed by atoms with Crippen LogP contribution in [0, 0.1) is 11.3 Å². The Balaban J connectivity index is 1.43. The molecule has 8 heteroatoms. The Labute approximate surface area is 156 Å². The van der Waals surface area contributed by atoms with Crippen LogP contribution in [0.1, 0.15) is 46.0 Å². The third-order valence-electron chi connectivity index (χ3n) is 6.33. The standard InChI is InChI=1S/C18H34N6O2/c1-3-24(20)21-16(19)14-5-8-22(9-6-14)15-11-18(12-15)7-10-23(13-18)17(25)26-4-2/h14-15H,3-13,20H2,1-2H3,(H2,19,21). The summed E-state index contributed by atoms with van der Waals surface area (Å²) < 4.78 is 5.14. The third-order valence-corrected chi connectivity index (χ3v) is 6.33. The van der Waals surface area contributed by atoms with Crippen molar-refractivity contribution in [1.29, 1.82) is 0 Å². The summed E-state index contributed by atoms with van der Waals surface area (Å²) in [7, 11) is 0. The summed E-state index contributed by atoms with van der Waals surface area (Å²) in [5.74, 6) is 6.73. The number of rotatable bonds is 5. The lowest BCUT2D eigenvalue weighted by molar-refractivity contribution is -0.00554. The van der Waals surface area contributed by atoms with Gasteiger partial charge in [0.25, 0.3) is 0 Å². The highest BCUT2D eigenvalue weighted by molar-refractivity contribution is 5.82. The van der Waals surface area contributed by atoms with Gasteiger partial charge in [0, 0.05) is 25.0 Å². The largest absolute Gasteiger partial charge is 0.450 e. The highest BCUT2D eigenvalue weighted by Gasteiger charge is 2.51. The predicted octanol–water partition coefficient (Wildman–Crippen LogP) is 1.18. The summed E-state index contributed by atoms with van der Waals surface area (Å²) in [6.45, 7) is 8.77. The molecule has 3 rings (SSSR count). The van der Waals surface area contributed by atoms with Crippen LogP contribution in [-0.4, -0.2) is 72.2 Å². The Morgan fingerprint density at radius 1 is 1.27 bits per heavy atom. The van der Waals surface area contributed by atoms with Crippen molar-refractivity contribution in [3.05, 3.63) is 0 Å².